The van der Waals surface area contributed by atoms with Crippen LogP contribution in [-0.4, -0.2) is 69.3 Å². The molecule has 3 aliphatic rings. The fourth-order valence-electron chi connectivity index (χ4n) is 4.60. The lowest BCUT2D eigenvalue weighted by atomic mass is 10.1. The molecule has 1 N–H and O–H groups in total. The summed E-state index contributed by atoms with van der Waals surface area (Å²) in [6.45, 7) is 7.28. The molecule has 9 heteroatoms. The maximum Gasteiger partial charge on any atom is 0.259 e. The van der Waals surface area contributed by atoms with E-state index in [1.165, 1.54) is 10.4 Å². The number of nitrogens with zero attached hydrogens (tertiary/aromatic N) is 3. The number of nitrogens with one attached hydrogen (secondary N) is 1. The molecule has 0 aliphatic carbocycles. The number of piperazine rings is 1. The molecule has 3 heterocycles. The van der Waals surface area contributed by atoms with E-state index in [0.29, 0.717) is 36.0 Å². The summed E-state index contributed by atoms with van der Waals surface area (Å²) in [5.74, 6) is 0.544. The molecule has 2 aromatic rings. The van der Waals surface area contributed by atoms with E-state index in [-0.39, 0.29) is 16.4 Å². The number of para-hydroxylation sites is 2. The third kappa shape index (κ3) is 3.74. The van der Waals surface area contributed by atoms with Crippen molar-refractivity contribution in [2.75, 3.05) is 56.0 Å². The first-order valence-corrected chi connectivity index (χ1v) is 12.6. The number of anilines is 2. The number of hydrogen-bond acceptors (Lipinski definition) is 6. The van der Waals surface area contributed by atoms with Crippen molar-refractivity contribution >= 4 is 27.3 Å². The number of sulfonamides is 1. The predicted molar refractivity (Wildman–Crippen MR) is 123 cm³/mol. The lowest BCUT2D eigenvalue weighted by Crippen LogP contribution is -2.46. The topological polar surface area (TPSA) is 82.2 Å². The third-order valence-corrected chi connectivity index (χ3v) is 8.43. The van der Waals surface area contributed by atoms with Crippen LogP contribution < -0.4 is 15.0 Å². The molecule has 8 nitrogen and oxygen atoms in total. The van der Waals surface area contributed by atoms with Gasteiger partial charge in [0, 0.05) is 45.3 Å². The summed E-state index contributed by atoms with van der Waals surface area (Å²) in [6, 6.07) is 10.5. The highest BCUT2D eigenvalue weighted by Crippen LogP contribution is 2.41. The maximum atomic E-state index is 13.6. The largest absolute Gasteiger partial charge is 0.454 e. The van der Waals surface area contributed by atoms with Crippen LogP contribution in [0.2, 0.25) is 0 Å². The van der Waals surface area contributed by atoms with Crippen molar-refractivity contribution in [3.63, 3.8) is 0 Å². The average molecular weight is 457 g/mol. The highest BCUT2D eigenvalue weighted by Gasteiger charge is 2.34. The van der Waals surface area contributed by atoms with E-state index < -0.39 is 10.0 Å². The minimum absolute atomic E-state index is 0.188. The smallest absolute Gasteiger partial charge is 0.259 e. The molecule has 2 fully saturated rings. The summed E-state index contributed by atoms with van der Waals surface area (Å²) in [6.07, 6.45) is 1.71. The second kappa shape index (κ2) is 8.38. The van der Waals surface area contributed by atoms with Crippen molar-refractivity contribution in [2.45, 2.75) is 24.7 Å². The second-order valence-electron chi connectivity index (χ2n) is 8.40. The summed E-state index contributed by atoms with van der Waals surface area (Å²) in [5.41, 5.74) is 1.41. The van der Waals surface area contributed by atoms with Crippen molar-refractivity contribution in [1.82, 2.24) is 9.21 Å². The zero-order valence-electron chi connectivity index (χ0n) is 18.2. The van der Waals surface area contributed by atoms with Gasteiger partial charge in [-0.1, -0.05) is 19.1 Å². The van der Waals surface area contributed by atoms with Gasteiger partial charge in [-0.25, -0.2) is 8.42 Å². The average Bonchev–Trinajstić information content (AvgIpc) is 3.32. The zero-order chi connectivity index (χ0) is 22.3. The molecule has 170 valence electrons. The molecular formula is C23H28N4O4S. The number of amides is 1. The van der Waals surface area contributed by atoms with E-state index in [1.807, 2.05) is 12.1 Å². The van der Waals surface area contributed by atoms with Crippen molar-refractivity contribution in [2.24, 2.45) is 0 Å². The van der Waals surface area contributed by atoms with Crippen LogP contribution in [0.25, 0.3) is 0 Å². The molecule has 2 saturated heterocycles. The predicted octanol–water partition coefficient (Wildman–Crippen LogP) is 2.97. The van der Waals surface area contributed by atoms with E-state index in [4.69, 9.17) is 4.74 Å². The van der Waals surface area contributed by atoms with Crippen LogP contribution >= 0.6 is 0 Å². The van der Waals surface area contributed by atoms with Crippen LogP contribution in [0, 0.1) is 0 Å². The summed E-state index contributed by atoms with van der Waals surface area (Å²) in [7, 11) is -3.73. The highest BCUT2D eigenvalue weighted by atomic mass is 32.2. The second-order valence-corrected chi connectivity index (χ2v) is 10.3. The standard InChI is InChI=1S/C23H28N4O4S/c1-2-25-11-13-26(14-12-25)19-16-21-17(15-22(19)32(29,30)27-9-5-6-10-27)23(28)24-18-7-3-4-8-20(18)31-21/h3-4,7-8,15-16H,2,5-6,9-14H2,1H3,(H,24,28). The molecule has 1 amide bonds. The van der Waals surface area contributed by atoms with E-state index >= 15 is 0 Å². The molecule has 5 rings (SSSR count). The normalized spacial score (nSPS) is 19.7. The zero-order valence-corrected chi connectivity index (χ0v) is 19.0. The number of carbonyl (C=O) groups is 1. The molecule has 3 aliphatic heterocycles. The van der Waals surface area contributed by atoms with E-state index in [2.05, 4.69) is 22.0 Å². The molecule has 0 aromatic heterocycles. The molecule has 0 spiro atoms. The molecule has 2 aromatic carbocycles. The fraction of sp³-hybridized carbons (Fsp3) is 0.435. The Morgan fingerprint density at radius 3 is 2.41 bits per heavy atom. The number of fused-ring (bicyclic) bond motifs is 2. The van der Waals surface area contributed by atoms with E-state index in [0.717, 1.165) is 45.6 Å². The first kappa shape index (κ1) is 21.2. The maximum absolute atomic E-state index is 13.6. The van der Waals surface area contributed by atoms with Crippen LogP contribution in [0.3, 0.4) is 0 Å². The molecule has 0 bridgehead atoms. The quantitative estimate of drug-likeness (QED) is 0.762. The number of ether oxygens (including phenoxy) is 1. The van der Waals surface area contributed by atoms with Gasteiger partial charge in [-0.2, -0.15) is 4.31 Å². The number of carbonyl (C=O) groups excluding carboxylic acids is 1. The Morgan fingerprint density at radius 2 is 1.69 bits per heavy atom. The summed E-state index contributed by atoms with van der Waals surface area (Å²) >= 11 is 0. The van der Waals surface area contributed by atoms with E-state index in [9.17, 15) is 13.2 Å². The lowest BCUT2D eigenvalue weighted by Gasteiger charge is -2.37. The van der Waals surface area contributed by atoms with Crippen LogP contribution in [0.5, 0.6) is 11.5 Å². The van der Waals surface area contributed by atoms with Crippen molar-refractivity contribution < 1.29 is 17.9 Å². The number of rotatable bonds is 4. The monoisotopic (exact) mass is 456 g/mol. The van der Waals surface area contributed by atoms with Gasteiger partial charge in [0.15, 0.2) is 5.75 Å². The SMILES string of the molecule is CCN1CCN(c2cc3c(cc2S(=O)(=O)N2CCCC2)C(=O)Nc2ccccc2O3)CC1. The van der Waals surface area contributed by atoms with Gasteiger partial charge in [0.1, 0.15) is 10.6 Å². The van der Waals surface area contributed by atoms with Crippen molar-refractivity contribution in [3.8, 4) is 11.5 Å². The molecule has 32 heavy (non-hydrogen) atoms. The van der Waals surface area contributed by atoms with Gasteiger partial charge in [-0.15, -0.1) is 0 Å². The highest BCUT2D eigenvalue weighted by molar-refractivity contribution is 7.89. The Hall–Kier alpha value is -2.62. The third-order valence-electron chi connectivity index (χ3n) is 6.50. The molecule has 0 atom stereocenters. The minimum Gasteiger partial charge on any atom is -0.454 e. The number of benzene rings is 2. The molecule has 0 radical (unpaired) electrons. The summed E-state index contributed by atoms with van der Waals surface area (Å²) in [4.78, 5) is 17.7. The Morgan fingerprint density at radius 1 is 0.969 bits per heavy atom. The molecular weight excluding hydrogens is 428 g/mol. The molecule has 0 unspecified atom stereocenters. The Bertz CT molecular complexity index is 1140. The lowest BCUT2D eigenvalue weighted by molar-refractivity contribution is 0.102. The minimum atomic E-state index is -3.73. The van der Waals surface area contributed by atoms with Crippen molar-refractivity contribution in [3.05, 3.63) is 42.0 Å². The van der Waals surface area contributed by atoms with Crippen LogP contribution in [0.4, 0.5) is 11.4 Å². The first-order valence-electron chi connectivity index (χ1n) is 11.2. The Labute approximate surface area is 188 Å². The first-order chi connectivity index (χ1) is 15.5. The number of hydrogen-bond donors (Lipinski definition) is 1. The van der Waals surface area contributed by atoms with Crippen LogP contribution in [0.1, 0.15) is 30.1 Å². The Balaban J connectivity index is 1.62. The molecule has 0 saturated carbocycles. The Kier molecular flexibility index (Phi) is 5.56. The van der Waals surface area contributed by atoms with Gasteiger partial charge in [0.25, 0.3) is 5.91 Å². The summed E-state index contributed by atoms with van der Waals surface area (Å²) < 4.78 is 34.9. The van der Waals surface area contributed by atoms with Gasteiger partial charge in [0.05, 0.1) is 16.9 Å². The van der Waals surface area contributed by atoms with E-state index in [1.54, 1.807) is 18.2 Å². The van der Waals surface area contributed by atoms with Gasteiger partial charge in [0.2, 0.25) is 10.0 Å². The van der Waals surface area contributed by atoms with Gasteiger partial charge in [-0.05, 0) is 37.6 Å². The van der Waals surface area contributed by atoms with Crippen LogP contribution in [0.15, 0.2) is 41.3 Å². The number of likely N-dealkylation sites (N-methyl/N-ethyl adjacent to an activating group) is 1. The van der Waals surface area contributed by atoms with Crippen molar-refractivity contribution in [1.29, 1.82) is 0 Å². The van der Waals surface area contributed by atoms with Gasteiger partial charge < -0.3 is 19.9 Å². The fourth-order valence-corrected chi connectivity index (χ4v) is 6.34. The van der Waals surface area contributed by atoms with Gasteiger partial charge >= 0.3 is 0 Å². The van der Waals surface area contributed by atoms with Crippen LogP contribution in [-0.2, 0) is 10.0 Å². The van der Waals surface area contributed by atoms with Gasteiger partial charge in [-0.3, -0.25) is 4.79 Å². The summed E-state index contributed by atoms with van der Waals surface area (Å²) in [5, 5.41) is 2.85.